The third-order valence-electron chi connectivity index (χ3n) is 2.44. The van der Waals surface area contributed by atoms with E-state index < -0.39 is 5.60 Å². The van der Waals surface area contributed by atoms with E-state index in [4.69, 9.17) is 9.47 Å². The largest absolute Gasteiger partial charge is 0.388 e. The van der Waals surface area contributed by atoms with Crippen LogP contribution in [0.25, 0.3) is 0 Å². The molecule has 0 rings (SSSR count). The van der Waals surface area contributed by atoms with Crippen LogP contribution in [0.3, 0.4) is 0 Å². The van der Waals surface area contributed by atoms with Crippen molar-refractivity contribution < 1.29 is 14.6 Å². The lowest BCUT2D eigenvalue weighted by molar-refractivity contribution is -0.0244. The van der Waals surface area contributed by atoms with Gasteiger partial charge in [-0.2, -0.15) is 0 Å². The maximum atomic E-state index is 10.0. The van der Waals surface area contributed by atoms with Gasteiger partial charge in [-0.15, -0.1) is 0 Å². The molecule has 0 saturated carbocycles. The Balaban J connectivity index is 3.69. The third kappa shape index (κ3) is 5.54. The molecule has 0 aromatic rings. The molecular formula is C10H23NO3. The molecule has 0 amide bonds. The van der Waals surface area contributed by atoms with Crippen molar-refractivity contribution in [3.05, 3.63) is 0 Å². The Kier molecular flexibility index (Phi) is 7.09. The maximum Gasteiger partial charge on any atom is 0.0790 e. The zero-order valence-electron chi connectivity index (χ0n) is 9.67. The molecule has 0 saturated heterocycles. The molecule has 0 aromatic heterocycles. The lowest BCUT2D eigenvalue weighted by Crippen LogP contribution is -2.45. The molecule has 2 unspecified atom stereocenters. The second kappa shape index (κ2) is 7.17. The van der Waals surface area contributed by atoms with Gasteiger partial charge in [-0.05, 0) is 6.92 Å². The van der Waals surface area contributed by atoms with Gasteiger partial charge in [0.25, 0.3) is 0 Å². The van der Waals surface area contributed by atoms with Crippen LogP contribution in [0.4, 0.5) is 0 Å². The summed E-state index contributed by atoms with van der Waals surface area (Å²) in [6.07, 6.45) is 0. The molecule has 14 heavy (non-hydrogen) atoms. The van der Waals surface area contributed by atoms with Crippen LogP contribution >= 0.6 is 0 Å². The predicted molar refractivity (Wildman–Crippen MR) is 56.4 cm³/mol. The minimum Gasteiger partial charge on any atom is -0.388 e. The second-order valence-corrected chi connectivity index (χ2v) is 3.88. The summed E-state index contributed by atoms with van der Waals surface area (Å²) in [7, 11) is 3.30. The minimum atomic E-state index is -0.732. The van der Waals surface area contributed by atoms with Crippen LogP contribution in [0.2, 0.25) is 0 Å². The lowest BCUT2D eigenvalue weighted by Gasteiger charge is -2.30. The zero-order valence-corrected chi connectivity index (χ0v) is 9.67. The topological polar surface area (TPSA) is 50.7 Å². The van der Waals surface area contributed by atoms with Gasteiger partial charge in [0.15, 0.2) is 0 Å². The highest BCUT2D eigenvalue weighted by Crippen LogP contribution is 2.15. The maximum absolute atomic E-state index is 10.0. The van der Waals surface area contributed by atoms with Gasteiger partial charge in [0.2, 0.25) is 0 Å². The van der Waals surface area contributed by atoms with Gasteiger partial charge in [-0.1, -0.05) is 6.92 Å². The molecule has 0 bridgehead atoms. The normalized spacial score (nSPS) is 17.8. The molecular weight excluding hydrogens is 182 g/mol. The first-order valence-electron chi connectivity index (χ1n) is 4.95. The van der Waals surface area contributed by atoms with E-state index in [9.17, 15) is 5.11 Å². The van der Waals surface area contributed by atoms with Crippen molar-refractivity contribution >= 4 is 0 Å². The molecule has 0 heterocycles. The van der Waals surface area contributed by atoms with Crippen LogP contribution < -0.4 is 5.32 Å². The average Bonchev–Trinajstić information content (AvgIpc) is 2.13. The highest BCUT2D eigenvalue weighted by atomic mass is 16.5. The molecule has 0 fully saturated rings. The third-order valence-corrected chi connectivity index (χ3v) is 2.44. The van der Waals surface area contributed by atoms with Crippen LogP contribution in [0.1, 0.15) is 13.8 Å². The Morgan fingerprint density at radius 1 is 1.36 bits per heavy atom. The Hall–Kier alpha value is -0.160. The predicted octanol–water partition coefficient (Wildman–Crippen LogP) is 0.256. The van der Waals surface area contributed by atoms with E-state index in [2.05, 4.69) is 5.32 Å². The Morgan fingerprint density at radius 3 is 2.50 bits per heavy atom. The fourth-order valence-electron chi connectivity index (χ4n) is 1.12. The van der Waals surface area contributed by atoms with Crippen LogP contribution in [0.15, 0.2) is 0 Å². The highest BCUT2D eigenvalue weighted by Gasteiger charge is 2.27. The van der Waals surface area contributed by atoms with Crippen molar-refractivity contribution in [2.45, 2.75) is 19.4 Å². The van der Waals surface area contributed by atoms with Gasteiger partial charge in [0.1, 0.15) is 0 Å². The monoisotopic (exact) mass is 205 g/mol. The molecule has 4 nitrogen and oxygen atoms in total. The van der Waals surface area contributed by atoms with E-state index in [1.807, 2.05) is 13.8 Å². The number of nitrogens with one attached hydrogen (secondary N) is 1. The fourth-order valence-corrected chi connectivity index (χ4v) is 1.12. The summed E-state index contributed by atoms with van der Waals surface area (Å²) in [5.41, 5.74) is -0.732. The van der Waals surface area contributed by atoms with Gasteiger partial charge in [-0.25, -0.2) is 0 Å². The van der Waals surface area contributed by atoms with Crippen LogP contribution in [0.5, 0.6) is 0 Å². The van der Waals surface area contributed by atoms with Crippen molar-refractivity contribution in [2.24, 2.45) is 5.92 Å². The molecule has 0 spiro atoms. The van der Waals surface area contributed by atoms with Gasteiger partial charge in [-0.3, -0.25) is 0 Å². The lowest BCUT2D eigenvalue weighted by atomic mass is 9.91. The Bertz CT molecular complexity index is 139. The Morgan fingerprint density at radius 2 is 2.00 bits per heavy atom. The first-order chi connectivity index (χ1) is 6.54. The van der Waals surface area contributed by atoms with Gasteiger partial charge in [0, 0.05) is 33.2 Å². The summed E-state index contributed by atoms with van der Waals surface area (Å²) < 4.78 is 9.90. The molecule has 2 N–H and O–H groups in total. The summed E-state index contributed by atoms with van der Waals surface area (Å²) in [5, 5.41) is 13.2. The number of hydrogen-bond acceptors (Lipinski definition) is 4. The standard InChI is InChI=1S/C10H23NO3/c1-9(7-14-4)10(2,12)8-11-5-6-13-3/h9,11-12H,5-8H2,1-4H3. The molecule has 0 aliphatic carbocycles. The molecule has 0 aromatic carbocycles. The van der Waals surface area contributed by atoms with E-state index in [0.717, 1.165) is 6.54 Å². The van der Waals surface area contributed by atoms with Crippen LogP contribution in [0, 0.1) is 5.92 Å². The summed E-state index contributed by atoms with van der Waals surface area (Å²) in [4.78, 5) is 0. The number of aliphatic hydroxyl groups is 1. The molecule has 0 aliphatic heterocycles. The SMILES string of the molecule is COCCNCC(C)(O)C(C)COC. The number of rotatable bonds is 8. The number of hydrogen-bond donors (Lipinski definition) is 2. The first kappa shape index (κ1) is 13.8. The molecule has 4 heteroatoms. The van der Waals surface area contributed by atoms with Crippen LogP contribution in [-0.2, 0) is 9.47 Å². The van der Waals surface area contributed by atoms with E-state index in [-0.39, 0.29) is 5.92 Å². The summed E-state index contributed by atoms with van der Waals surface area (Å²) >= 11 is 0. The quantitative estimate of drug-likeness (QED) is 0.558. The molecule has 0 radical (unpaired) electrons. The van der Waals surface area contributed by atoms with Gasteiger partial charge in [0.05, 0.1) is 18.8 Å². The minimum absolute atomic E-state index is 0.113. The van der Waals surface area contributed by atoms with Crippen LogP contribution in [-0.4, -0.2) is 51.2 Å². The van der Waals surface area contributed by atoms with Crippen molar-refractivity contribution in [2.75, 3.05) is 40.5 Å². The zero-order chi connectivity index (χ0) is 11.0. The average molecular weight is 205 g/mol. The Labute approximate surface area is 86.6 Å². The molecule has 2 atom stereocenters. The van der Waals surface area contributed by atoms with Gasteiger partial charge < -0.3 is 19.9 Å². The number of ether oxygens (including phenoxy) is 2. The summed E-state index contributed by atoms with van der Waals surface area (Å²) in [5.74, 6) is 0.113. The smallest absolute Gasteiger partial charge is 0.0790 e. The van der Waals surface area contributed by atoms with E-state index in [0.29, 0.717) is 19.8 Å². The van der Waals surface area contributed by atoms with E-state index in [1.165, 1.54) is 0 Å². The summed E-state index contributed by atoms with van der Waals surface area (Å²) in [6.45, 7) is 6.33. The number of methoxy groups -OCH3 is 2. The van der Waals surface area contributed by atoms with Crippen molar-refractivity contribution in [3.63, 3.8) is 0 Å². The summed E-state index contributed by atoms with van der Waals surface area (Å²) in [6, 6.07) is 0. The van der Waals surface area contributed by atoms with E-state index in [1.54, 1.807) is 14.2 Å². The van der Waals surface area contributed by atoms with E-state index >= 15 is 0 Å². The fraction of sp³-hybridized carbons (Fsp3) is 1.00. The van der Waals surface area contributed by atoms with Crippen molar-refractivity contribution in [1.82, 2.24) is 5.32 Å². The van der Waals surface area contributed by atoms with Crippen molar-refractivity contribution in [1.29, 1.82) is 0 Å². The van der Waals surface area contributed by atoms with Gasteiger partial charge >= 0.3 is 0 Å². The molecule has 86 valence electrons. The molecule has 0 aliphatic rings. The highest BCUT2D eigenvalue weighted by molar-refractivity contribution is 4.81. The first-order valence-corrected chi connectivity index (χ1v) is 4.95. The second-order valence-electron chi connectivity index (χ2n) is 3.88. The van der Waals surface area contributed by atoms with Crippen molar-refractivity contribution in [3.8, 4) is 0 Å².